The molecule has 0 radical (unpaired) electrons. The van der Waals surface area contributed by atoms with Crippen LogP contribution in [-0.4, -0.2) is 144 Å². The van der Waals surface area contributed by atoms with Crippen molar-refractivity contribution in [1.82, 2.24) is 33.7 Å². The number of nitrogens with two attached hydrogens (primary N) is 1. The van der Waals surface area contributed by atoms with Crippen LogP contribution >= 0.6 is 0 Å². The van der Waals surface area contributed by atoms with Gasteiger partial charge < -0.3 is 49.3 Å². The van der Waals surface area contributed by atoms with Gasteiger partial charge in [0.2, 0.25) is 62.3 Å². The number of aliphatic hydroxyl groups is 1. The summed E-state index contributed by atoms with van der Waals surface area (Å²) in [5.41, 5.74) is 16.7. The Kier molecular flexibility index (Phi) is 26.7. The van der Waals surface area contributed by atoms with Crippen molar-refractivity contribution >= 4 is 65.1 Å². The first kappa shape index (κ1) is 92.5. The van der Waals surface area contributed by atoms with Crippen LogP contribution in [0.1, 0.15) is 136 Å². The van der Waals surface area contributed by atoms with Crippen LogP contribution in [0.2, 0.25) is 0 Å². The van der Waals surface area contributed by atoms with Gasteiger partial charge in [-0.3, -0.25) is 38.9 Å². The number of ketones is 3. The van der Waals surface area contributed by atoms with E-state index in [1.54, 1.807) is 49.6 Å². The van der Waals surface area contributed by atoms with E-state index in [1.807, 2.05) is 177 Å². The molecule has 1 saturated heterocycles. The van der Waals surface area contributed by atoms with E-state index >= 15 is 0 Å². The lowest BCUT2D eigenvalue weighted by Gasteiger charge is -2.28. The highest BCUT2D eigenvalue weighted by molar-refractivity contribution is 7.90. The predicted octanol–water partition coefficient (Wildman–Crippen LogP) is 15.9. The van der Waals surface area contributed by atoms with Crippen LogP contribution in [0.15, 0.2) is 263 Å². The maximum atomic E-state index is 13.4. The summed E-state index contributed by atoms with van der Waals surface area (Å²) < 4.78 is 119. The summed E-state index contributed by atoms with van der Waals surface area (Å²) >= 11 is 0. The lowest BCUT2D eigenvalue weighted by Crippen LogP contribution is -2.43. The normalized spacial score (nSPS) is 17.1. The fraction of sp³-hybridized carbons (Fsp3) is 0.291. The fourth-order valence-electron chi connectivity index (χ4n) is 18.0. The number of pyridine rings is 4. The molecule has 700 valence electrons. The van der Waals surface area contributed by atoms with E-state index in [1.165, 1.54) is 54.7 Å². The Morgan fingerprint density at radius 3 is 1.35 bits per heavy atom. The topological polar surface area (TPSA) is 390 Å². The monoisotopic (exact) mass is 1870 g/mol. The van der Waals surface area contributed by atoms with Gasteiger partial charge in [-0.25, -0.2) is 39.7 Å². The maximum Gasteiger partial charge on any atom is 0.243 e. The number of methoxy groups -OCH3 is 1. The number of Topliss-reactive ketones (excluding diaryl/α,β-unsaturated/α-hetero) is 3. The van der Waals surface area contributed by atoms with Crippen molar-refractivity contribution in [3.8, 4) is 85.1 Å². The number of aliphatic hydroxyl groups excluding tert-OH is 1. The van der Waals surface area contributed by atoms with E-state index in [4.69, 9.17) is 48.9 Å². The number of nitrogens with zero attached hydrogens (tertiary/aromatic N) is 5. The summed E-state index contributed by atoms with van der Waals surface area (Å²) in [4.78, 5) is 84.0. The van der Waals surface area contributed by atoms with Crippen molar-refractivity contribution in [1.29, 1.82) is 0 Å². The van der Waals surface area contributed by atoms with Gasteiger partial charge in [-0.05, 0) is 240 Å². The second-order valence-electron chi connectivity index (χ2n) is 34.6. The number of ether oxygens (including phenoxy) is 7. The molecule has 134 heavy (non-hydrogen) atoms. The second kappa shape index (κ2) is 38.7. The van der Waals surface area contributed by atoms with E-state index < -0.39 is 69.8 Å². The van der Waals surface area contributed by atoms with Crippen molar-refractivity contribution in [3.63, 3.8) is 0 Å². The Labute approximate surface area is 785 Å². The Hall–Kier alpha value is -13.4. The summed E-state index contributed by atoms with van der Waals surface area (Å²) in [6.07, 6.45) is 9.57. The molecule has 31 heteroatoms. The molecule has 8 aromatic carbocycles. The molecule has 0 unspecified atom stereocenters. The van der Waals surface area contributed by atoms with E-state index in [0.717, 1.165) is 143 Å². The van der Waals surface area contributed by atoms with Crippen LogP contribution in [0.3, 0.4) is 0 Å². The number of hydrogen-bond donors (Lipinski definition) is 5. The number of anilines is 1. The first-order chi connectivity index (χ1) is 64.6. The third-order valence-electron chi connectivity index (χ3n) is 26.0. The fourth-order valence-corrected chi connectivity index (χ4v) is 21.5. The van der Waals surface area contributed by atoms with Gasteiger partial charge in [0.1, 0.15) is 35.0 Å². The minimum atomic E-state index is -3.84. The SMILES string of the molecule is CNS(=O)(=O)c1ccc(-c2cccc(NC(=O)C3(c4ccccc4)CCCC3)n2)cc1.COc1cccc(-c2ccc(CC(=O)C3(c4ccc5c(c4)OCO5)CC3)nc2C)c1.C[C@@H](O)CNS(=O)(=O)c1ccc(-c2cccc(CC(=O)C3(c4ccc5c(c4)OCO5)CC3)n2)cc1.NC(=O)[C@@H]1CCCN1S(=O)(=O)c1ccc(-c2cccc(CC(=O)C3(c4ccc5c(c4)OCO5)CC3)n2)cc1.[HH].[HH].[HH].[HH].[HH]. The van der Waals surface area contributed by atoms with Crippen molar-refractivity contribution < 1.29 is 94.6 Å². The van der Waals surface area contributed by atoms with Gasteiger partial charge >= 0.3 is 0 Å². The van der Waals surface area contributed by atoms with E-state index in [2.05, 4.69) is 24.7 Å². The number of hydrogen-bond acceptors (Lipinski definition) is 23. The maximum absolute atomic E-state index is 13.4. The molecular weight excluding hydrogens is 1760 g/mol. The minimum absolute atomic E-state index is 0. The third kappa shape index (κ3) is 19.8. The highest BCUT2D eigenvalue weighted by Gasteiger charge is 2.54. The molecule has 5 fully saturated rings. The first-order valence-electron chi connectivity index (χ1n) is 44.5. The lowest BCUT2D eigenvalue weighted by atomic mass is 9.78. The molecule has 8 heterocycles. The molecule has 4 saturated carbocycles. The van der Waals surface area contributed by atoms with E-state index in [9.17, 15) is 54.3 Å². The number of carbonyl (C=O) groups excluding carboxylic acids is 5. The molecule has 0 bridgehead atoms. The zero-order chi connectivity index (χ0) is 93.7. The largest absolute Gasteiger partial charge is 0.497 e. The summed E-state index contributed by atoms with van der Waals surface area (Å²) in [6, 6.07) is 74.0. The Morgan fingerprint density at radius 1 is 0.463 bits per heavy atom. The number of fused-ring (bicyclic) bond motifs is 3. The number of benzene rings is 8. The van der Waals surface area contributed by atoms with Gasteiger partial charge in [0.05, 0.1) is 66.6 Å². The summed E-state index contributed by atoms with van der Waals surface area (Å²) in [7, 11) is -8.01. The molecule has 0 spiro atoms. The molecule has 8 aliphatic rings. The highest BCUT2D eigenvalue weighted by Crippen LogP contribution is 2.55. The Balaban J connectivity index is 0.000000165. The lowest BCUT2D eigenvalue weighted by molar-refractivity contribution is -0.122. The molecule has 12 aromatic rings. The van der Waals surface area contributed by atoms with Gasteiger partial charge in [-0.2, -0.15) is 4.31 Å². The molecule has 4 aliphatic carbocycles. The van der Waals surface area contributed by atoms with Gasteiger partial charge in [-0.1, -0.05) is 134 Å². The molecule has 4 aliphatic heterocycles. The highest BCUT2D eigenvalue weighted by atomic mass is 32.2. The van der Waals surface area contributed by atoms with E-state index in [0.29, 0.717) is 76.5 Å². The zero-order valence-electron chi connectivity index (χ0n) is 74.3. The number of carbonyl (C=O) groups is 5. The number of primary amides is 1. The molecular formula is C103H111N9O19S3. The third-order valence-corrected chi connectivity index (χ3v) is 30.8. The molecule has 20 rings (SSSR count). The van der Waals surface area contributed by atoms with Crippen molar-refractivity contribution in [2.45, 2.75) is 159 Å². The number of aromatic nitrogens is 4. The molecule has 6 N–H and O–H groups in total. The number of aryl methyl sites for hydroxylation is 1. The van der Waals surface area contributed by atoms with Gasteiger partial charge in [0.25, 0.3) is 0 Å². The number of sulfonamides is 3. The van der Waals surface area contributed by atoms with E-state index in [-0.39, 0.29) is 91.4 Å². The second-order valence-corrected chi connectivity index (χ2v) is 40.2. The summed E-state index contributed by atoms with van der Waals surface area (Å²) in [5.74, 6) is 5.27. The quantitative estimate of drug-likeness (QED) is 0.0291. The van der Waals surface area contributed by atoms with Crippen molar-refractivity contribution in [2.75, 3.05) is 52.9 Å². The van der Waals surface area contributed by atoms with Crippen LogP contribution in [0.25, 0.3) is 44.9 Å². The number of rotatable bonds is 29. The average Bonchev–Trinajstić information content (AvgIpc) is 1.61. The molecule has 4 aromatic heterocycles. The van der Waals surface area contributed by atoms with Crippen molar-refractivity contribution in [3.05, 3.63) is 294 Å². The van der Waals surface area contributed by atoms with Crippen LogP contribution < -0.4 is 53.7 Å². The van der Waals surface area contributed by atoms with Gasteiger partial charge in [0.15, 0.2) is 34.5 Å². The zero-order valence-corrected chi connectivity index (χ0v) is 76.8. The molecule has 28 nitrogen and oxygen atoms in total. The summed E-state index contributed by atoms with van der Waals surface area (Å²) in [5, 5.41) is 12.4. The van der Waals surface area contributed by atoms with Crippen molar-refractivity contribution in [2.24, 2.45) is 5.73 Å². The van der Waals surface area contributed by atoms with Crippen LogP contribution in [0, 0.1) is 6.92 Å². The number of nitrogens with one attached hydrogen (secondary N) is 3. The Bertz CT molecular complexity index is 6860. The first-order valence-corrected chi connectivity index (χ1v) is 48.9. The van der Waals surface area contributed by atoms with Crippen LogP contribution in [0.4, 0.5) is 5.82 Å². The Morgan fingerprint density at radius 2 is 0.903 bits per heavy atom. The molecule has 2 amide bonds. The van der Waals surface area contributed by atoms with Gasteiger partial charge in [0, 0.05) is 84.5 Å². The number of amides is 2. The molecule has 2 atom stereocenters. The van der Waals surface area contributed by atoms with Crippen LogP contribution in [-0.2, 0) is 95.0 Å². The van der Waals surface area contributed by atoms with Crippen LogP contribution in [0.5, 0.6) is 40.2 Å². The van der Waals surface area contributed by atoms with Gasteiger partial charge in [-0.15, -0.1) is 0 Å². The minimum Gasteiger partial charge on any atom is -0.497 e. The predicted molar refractivity (Wildman–Crippen MR) is 512 cm³/mol. The smallest absolute Gasteiger partial charge is 0.243 e. The standard InChI is InChI=1S/C28H27N3O6S.C26H26N2O6S.C25H23NO4.C24H25N3O3S.5H2/c29-27(33)23-5-2-14-31(23)38(34,35)21-9-6-18(7-10-21)22-4-1-3-20(30-22)16-26(32)28(12-13-28)19-8-11-24-25(15-19)37-17-36-24;1-17(29)15-27-35(31,32)21-8-5-18(6-9-21)22-4-2-3-20(28-22)14-25(30)26(11-12-26)19-7-10-23-24(13-19)34-16-33-23;1-16-21(17-4-3-5-20(12-17)28-2)8-7-19(26-16)14-24(27)25(10-11-25)18-6-9-22-23(13-18)30-15-29-22;1-25-31(29,30)20-14-12-18(13-15-20)21-10-7-11-22(26-21)27-23(28)24(16-5-6-17-24)19-8-3-2-4-9-19;;;;;/h1,3-4,6-11,15,23H,2,5,12-14,16-17H2,(H2,29,33);2-10,13,17,27,29H,11-12,14-16H2,1H3;3-9,12-13H,10-11,14-15H2,1-2H3;2-4,7-15,25H,5-6,16-17H2,1H3,(H,26,27,28);5*1H/t23-;17-;;;;;;;/m01......./s1. The average molecular weight is 1880 g/mol. The summed E-state index contributed by atoms with van der Waals surface area (Å²) in [6.45, 7) is 4.32.